The highest BCUT2D eigenvalue weighted by molar-refractivity contribution is 5.45. The first-order valence-electron chi connectivity index (χ1n) is 9.03. The van der Waals surface area contributed by atoms with Crippen LogP contribution in [0.3, 0.4) is 0 Å². The molecule has 0 aromatic carbocycles. The van der Waals surface area contributed by atoms with Gasteiger partial charge in [0.1, 0.15) is 0 Å². The Hall–Kier alpha value is -1.47. The van der Waals surface area contributed by atoms with Crippen molar-refractivity contribution < 1.29 is 13.9 Å². The van der Waals surface area contributed by atoms with Crippen LogP contribution in [0.1, 0.15) is 32.1 Å². The zero-order valence-electron chi connectivity index (χ0n) is 13.9. The minimum absolute atomic E-state index is 0.00869. The second kappa shape index (κ2) is 7.19. The topological polar surface area (TPSA) is 59.5 Å². The minimum Gasteiger partial charge on any atom is -0.379 e. The SMILES string of the molecule is Fc1cnc(N[C@@H]2COCC[C@@H]2OCC2CC2)nc1N1CCCC1. The molecule has 24 heavy (non-hydrogen) atoms. The molecule has 132 valence electrons. The van der Waals surface area contributed by atoms with E-state index in [9.17, 15) is 4.39 Å². The summed E-state index contributed by atoms with van der Waals surface area (Å²) in [5, 5.41) is 3.30. The summed E-state index contributed by atoms with van der Waals surface area (Å²) in [6.45, 7) is 3.82. The van der Waals surface area contributed by atoms with Crippen LogP contribution in [0.5, 0.6) is 0 Å². The molecule has 6 nitrogen and oxygen atoms in total. The summed E-state index contributed by atoms with van der Waals surface area (Å²) < 4.78 is 25.7. The highest BCUT2D eigenvalue weighted by Crippen LogP contribution is 2.30. The van der Waals surface area contributed by atoms with Gasteiger partial charge in [-0.1, -0.05) is 0 Å². The molecule has 1 saturated carbocycles. The van der Waals surface area contributed by atoms with Gasteiger partial charge < -0.3 is 19.7 Å². The van der Waals surface area contributed by atoms with Crippen molar-refractivity contribution in [3.05, 3.63) is 12.0 Å². The summed E-state index contributed by atoms with van der Waals surface area (Å²) in [5.41, 5.74) is 0. The van der Waals surface area contributed by atoms with Crippen LogP contribution in [0.15, 0.2) is 6.20 Å². The van der Waals surface area contributed by atoms with E-state index in [0.717, 1.165) is 51.5 Å². The van der Waals surface area contributed by atoms with Crippen LogP contribution < -0.4 is 10.2 Å². The third kappa shape index (κ3) is 3.78. The molecule has 1 aromatic heterocycles. The number of rotatable bonds is 6. The molecule has 0 unspecified atom stereocenters. The van der Waals surface area contributed by atoms with Crippen LogP contribution in [-0.4, -0.2) is 55.0 Å². The van der Waals surface area contributed by atoms with Crippen molar-refractivity contribution >= 4 is 11.8 Å². The van der Waals surface area contributed by atoms with E-state index in [4.69, 9.17) is 9.47 Å². The average Bonchev–Trinajstić information content (AvgIpc) is 3.27. The number of hydrogen-bond acceptors (Lipinski definition) is 6. The quantitative estimate of drug-likeness (QED) is 0.859. The average molecular weight is 336 g/mol. The number of nitrogens with one attached hydrogen (secondary N) is 1. The molecule has 3 aliphatic rings. The van der Waals surface area contributed by atoms with Crippen molar-refractivity contribution in [3.63, 3.8) is 0 Å². The second-order valence-electron chi connectivity index (χ2n) is 6.99. The van der Waals surface area contributed by atoms with Crippen molar-refractivity contribution in [2.24, 2.45) is 5.92 Å². The van der Waals surface area contributed by atoms with Gasteiger partial charge in [0.15, 0.2) is 11.6 Å². The molecule has 0 radical (unpaired) electrons. The molecule has 2 aliphatic heterocycles. The molecule has 0 spiro atoms. The smallest absolute Gasteiger partial charge is 0.225 e. The standard InChI is InChI=1S/C17H25FN4O2/c18-13-9-19-17(21-16(13)22-6-1-2-7-22)20-14-11-23-8-5-15(14)24-10-12-3-4-12/h9,12,14-15H,1-8,10-11H2,(H,19,20,21)/t14-,15+/m1/s1. The van der Waals surface area contributed by atoms with Gasteiger partial charge in [0.25, 0.3) is 0 Å². The molecule has 4 rings (SSSR count). The lowest BCUT2D eigenvalue weighted by Crippen LogP contribution is -2.44. The maximum Gasteiger partial charge on any atom is 0.225 e. The molecule has 1 aliphatic carbocycles. The van der Waals surface area contributed by atoms with Crippen LogP contribution in [-0.2, 0) is 9.47 Å². The van der Waals surface area contributed by atoms with E-state index in [1.807, 2.05) is 4.90 Å². The van der Waals surface area contributed by atoms with E-state index >= 15 is 0 Å². The molecule has 7 heteroatoms. The third-order valence-corrected chi connectivity index (χ3v) is 4.98. The van der Waals surface area contributed by atoms with E-state index in [1.54, 1.807) is 0 Å². The lowest BCUT2D eigenvalue weighted by molar-refractivity contribution is -0.0440. The van der Waals surface area contributed by atoms with Crippen molar-refractivity contribution in [3.8, 4) is 0 Å². The maximum absolute atomic E-state index is 14.0. The summed E-state index contributed by atoms with van der Waals surface area (Å²) in [5.74, 6) is 1.23. The van der Waals surface area contributed by atoms with Gasteiger partial charge in [-0.2, -0.15) is 4.98 Å². The molecule has 3 heterocycles. The molecule has 1 N–H and O–H groups in total. The van der Waals surface area contributed by atoms with Gasteiger partial charge in [-0.15, -0.1) is 0 Å². The Morgan fingerprint density at radius 1 is 1.29 bits per heavy atom. The zero-order chi connectivity index (χ0) is 16.4. The Balaban J connectivity index is 1.43. The highest BCUT2D eigenvalue weighted by atomic mass is 19.1. The summed E-state index contributed by atoms with van der Waals surface area (Å²) in [4.78, 5) is 10.5. The van der Waals surface area contributed by atoms with Crippen LogP contribution in [0, 0.1) is 11.7 Å². The second-order valence-corrected chi connectivity index (χ2v) is 6.99. The van der Waals surface area contributed by atoms with Crippen molar-refractivity contribution in [1.29, 1.82) is 0 Å². The lowest BCUT2D eigenvalue weighted by Gasteiger charge is -2.32. The number of ether oxygens (including phenoxy) is 2. The van der Waals surface area contributed by atoms with Crippen molar-refractivity contribution in [1.82, 2.24) is 9.97 Å². The van der Waals surface area contributed by atoms with Crippen molar-refractivity contribution in [2.45, 2.75) is 44.2 Å². The maximum atomic E-state index is 14.0. The Bertz CT molecular complexity index is 564. The number of halogens is 1. The highest BCUT2D eigenvalue weighted by Gasteiger charge is 2.30. The summed E-state index contributed by atoms with van der Waals surface area (Å²) in [6, 6.07) is 0.00869. The Kier molecular flexibility index (Phi) is 4.80. The first-order valence-corrected chi connectivity index (χ1v) is 9.03. The number of anilines is 2. The number of nitrogens with zero attached hydrogens (tertiary/aromatic N) is 3. The third-order valence-electron chi connectivity index (χ3n) is 4.98. The molecular weight excluding hydrogens is 311 g/mol. The minimum atomic E-state index is -0.358. The number of aromatic nitrogens is 2. The molecule has 2 saturated heterocycles. The Morgan fingerprint density at radius 3 is 2.92 bits per heavy atom. The van der Waals surface area contributed by atoms with Crippen LogP contribution in [0.25, 0.3) is 0 Å². The van der Waals surface area contributed by atoms with Gasteiger partial charge in [0.05, 0.1) is 24.9 Å². The van der Waals surface area contributed by atoms with Gasteiger partial charge in [-0.05, 0) is 38.0 Å². The predicted octanol–water partition coefficient (Wildman–Crippen LogP) is 2.21. The van der Waals surface area contributed by atoms with E-state index in [2.05, 4.69) is 15.3 Å². The number of hydrogen-bond donors (Lipinski definition) is 1. The summed E-state index contributed by atoms with van der Waals surface area (Å²) in [6.07, 6.45) is 6.95. The van der Waals surface area contributed by atoms with Crippen LogP contribution >= 0.6 is 0 Å². The first kappa shape index (κ1) is 16.0. The van der Waals surface area contributed by atoms with Crippen LogP contribution in [0.4, 0.5) is 16.2 Å². The Morgan fingerprint density at radius 2 is 2.12 bits per heavy atom. The molecule has 1 aromatic rings. The van der Waals surface area contributed by atoms with E-state index < -0.39 is 0 Å². The van der Waals surface area contributed by atoms with Gasteiger partial charge in [-0.3, -0.25) is 0 Å². The monoisotopic (exact) mass is 336 g/mol. The molecular formula is C17H25FN4O2. The largest absolute Gasteiger partial charge is 0.379 e. The fourth-order valence-electron chi connectivity index (χ4n) is 3.34. The predicted molar refractivity (Wildman–Crippen MR) is 88.7 cm³/mol. The fraction of sp³-hybridized carbons (Fsp3) is 0.765. The van der Waals surface area contributed by atoms with Gasteiger partial charge in [0, 0.05) is 26.3 Å². The van der Waals surface area contributed by atoms with Crippen molar-refractivity contribution in [2.75, 3.05) is 43.1 Å². The normalized spacial score (nSPS) is 27.5. The van der Waals surface area contributed by atoms with E-state index in [1.165, 1.54) is 19.0 Å². The van der Waals surface area contributed by atoms with Crippen LogP contribution in [0.2, 0.25) is 0 Å². The Labute approximate surface area is 141 Å². The summed E-state index contributed by atoms with van der Waals surface area (Å²) >= 11 is 0. The zero-order valence-corrected chi connectivity index (χ0v) is 13.9. The van der Waals surface area contributed by atoms with Gasteiger partial charge in [-0.25, -0.2) is 9.37 Å². The molecule has 0 bridgehead atoms. The molecule has 0 amide bonds. The van der Waals surface area contributed by atoms with E-state index in [0.29, 0.717) is 18.4 Å². The fourth-order valence-corrected chi connectivity index (χ4v) is 3.34. The lowest BCUT2D eigenvalue weighted by atomic mass is 10.1. The summed E-state index contributed by atoms with van der Waals surface area (Å²) in [7, 11) is 0. The molecule has 3 fully saturated rings. The first-order chi connectivity index (χ1) is 11.8. The van der Waals surface area contributed by atoms with E-state index in [-0.39, 0.29) is 18.0 Å². The molecule has 2 atom stereocenters. The van der Waals surface area contributed by atoms with Gasteiger partial charge >= 0.3 is 0 Å². The van der Waals surface area contributed by atoms with Gasteiger partial charge in [0.2, 0.25) is 5.95 Å².